The zero-order chi connectivity index (χ0) is 23.8. The fraction of sp³-hybridized carbons (Fsp3) is 0.290. The smallest absolute Gasteiger partial charge is 0.150 e. The molecule has 0 saturated carbocycles. The largest absolute Gasteiger partial charge is 0.497 e. The van der Waals surface area contributed by atoms with Crippen LogP contribution >= 0.6 is 0 Å². The molecule has 1 unspecified atom stereocenters. The predicted octanol–water partition coefficient (Wildman–Crippen LogP) is 7.16. The summed E-state index contributed by atoms with van der Waals surface area (Å²) in [4.78, 5) is 2.57. The van der Waals surface area contributed by atoms with E-state index in [1.165, 1.54) is 50.0 Å². The average Bonchev–Trinajstić information content (AvgIpc) is 2.91. The van der Waals surface area contributed by atoms with Crippen molar-refractivity contribution >= 4 is 10.8 Å². The molecule has 0 spiro atoms. The number of hydrogen-bond donors (Lipinski definition) is 0. The van der Waals surface area contributed by atoms with E-state index < -0.39 is 0 Å². The molecule has 2 heterocycles. The number of fused-ring (bicyclic) bond motifs is 5. The Morgan fingerprint density at radius 3 is 2.49 bits per heavy atom. The van der Waals surface area contributed by atoms with E-state index in [9.17, 15) is 4.39 Å². The van der Waals surface area contributed by atoms with Crippen molar-refractivity contribution in [2.75, 3.05) is 26.7 Å². The zero-order valence-corrected chi connectivity index (χ0v) is 20.1. The van der Waals surface area contributed by atoms with Gasteiger partial charge in [0.1, 0.15) is 17.3 Å². The molecule has 4 heteroatoms. The van der Waals surface area contributed by atoms with Crippen LogP contribution < -0.4 is 9.47 Å². The Morgan fingerprint density at radius 2 is 1.69 bits per heavy atom. The average molecular weight is 468 g/mol. The monoisotopic (exact) mass is 467 g/mol. The van der Waals surface area contributed by atoms with Gasteiger partial charge in [-0.25, -0.2) is 4.39 Å². The Balaban J connectivity index is 1.37. The van der Waals surface area contributed by atoms with Crippen LogP contribution in [0.5, 0.6) is 11.5 Å². The highest BCUT2D eigenvalue weighted by Crippen LogP contribution is 2.48. The van der Waals surface area contributed by atoms with Gasteiger partial charge in [-0.05, 0) is 84.1 Å². The number of piperidine rings is 1. The summed E-state index contributed by atoms with van der Waals surface area (Å²) in [5, 5.41) is 2.22. The third-order valence-electron chi connectivity index (χ3n) is 7.46. The van der Waals surface area contributed by atoms with Crippen LogP contribution in [-0.2, 0) is 6.42 Å². The van der Waals surface area contributed by atoms with Gasteiger partial charge in [0.2, 0.25) is 0 Å². The van der Waals surface area contributed by atoms with Gasteiger partial charge in [-0.3, -0.25) is 0 Å². The van der Waals surface area contributed by atoms with E-state index in [4.69, 9.17) is 9.47 Å². The maximum absolute atomic E-state index is 14.1. The third-order valence-corrected chi connectivity index (χ3v) is 7.46. The van der Waals surface area contributed by atoms with Crippen LogP contribution in [0, 0.1) is 5.82 Å². The van der Waals surface area contributed by atoms with Gasteiger partial charge in [0.15, 0.2) is 6.10 Å². The second-order valence-electron chi connectivity index (χ2n) is 9.65. The van der Waals surface area contributed by atoms with E-state index in [-0.39, 0.29) is 11.9 Å². The number of benzene rings is 4. The van der Waals surface area contributed by atoms with Gasteiger partial charge in [-0.2, -0.15) is 0 Å². The first kappa shape index (κ1) is 22.1. The molecule has 0 aliphatic carbocycles. The highest BCUT2D eigenvalue weighted by Gasteiger charge is 2.29. The lowest BCUT2D eigenvalue weighted by Gasteiger charge is -2.31. The Hall–Kier alpha value is -3.37. The molecule has 1 fully saturated rings. The van der Waals surface area contributed by atoms with Crippen molar-refractivity contribution in [3.05, 3.63) is 95.3 Å². The van der Waals surface area contributed by atoms with E-state index in [0.29, 0.717) is 5.75 Å². The van der Waals surface area contributed by atoms with Gasteiger partial charge in [-0.15, -0.1) is 0 Å². The summed E-state index contributed by atoms with van der Waals surface area (Å²) < 4.78 is 26.1. The quantitative estimate of drug-likeness (QED) is 0.311. The second-order valence-corrected chi connectivity index (χ2v) is 9.65. The first-order chi connectivity index (χ1) is 17.2. The molecule has 6 rings (SSSR count). The molecule has 0 aromatic heterocycles. The van der Waals surface area contributed by atoms with Crippen molar-refractivity contribution in [2.24, 2.45) is 0 Å². The number of hydrogen-bond acceptors (Lipinski definition) is 3. The maximum Gasteiger partial charge on any atom is 0.150 e. The van der Waals surface area contributed by atoms with Gasteiger partial charge in [0, 0.05) is 23.7 Å². The first-order valence-electron chi connectivity index (χ1n) is 12.6. The van der Waals surface area contributed by atoms with Gasteiger partial charge < -0.3 is 14.4 Å². The molecule has 0 amide bonds. The Labute approximate surface area is 206 Å². The van der Waals surface area contributed by atoms with Crippen LogP contribution in [0.4, 0.5) is 4.39 Å². The van der Waals surface area contributed by atoms with E-state index in [2.05, 4.69) is 53.4 Å². The minimum atomic E-state index is -0.312. The van der Waals surface area contributed by atoms with Gasteiger partial charge in [0.25, 0.3) is 0 Å². The Morgan fingerprint density at radius 1 is 0.886 bits per heavy atom. The number of halogens is 1. The molecule has 2 aliphatic rings. The number of ether oxygens (including phenoxy) is 2. The van der Waals surface area contributed by atoms with Crippen LogP contribution in [0.25, 0.3) is 21.9 Å². The summed E-state index contributed by atoms with van der Waals surface area (Å²) in [5.41, 5.74) is 5.54. The molecule has 1 saturated heterocycles. The molecular formula is C31H30FNO2. The molecule has 4 aromatic rings. The van der Waals surface area contributed by atoms with Crippen molar-refractivity contribution in [3.63, 3.8) is 0 Å². The van der Waals surface area contributed by atoms with Crippen molar-refractivity contribution in [1.29, 1.82) is 0 Å². The molecule has 0 radical (unpaired) electrons. The number of nitrogens with zero attached hydrogens (tertiary/aromatic N) is 1. The molecule has 3 nitrogen and oxygen atoms in total. The van der Waals surface area contributed by atoms with Crippen LogP contribution in [0.3, 0.4) is 0 Å². The third kappa shape index (κ3) is 4.28. The van der Waals surface area contributed by atoms with Crippen LogP contribution in [0.2, 0.25) is 0 Å². The summed E-state index contributed by atoms with van der Waals surface area (Å²) in [7, 11) is 1.68. The van der Waals surface area contributed by atoms with Crippen molar-refractivity contribution in [2.45, 2.75) is 31.8 Å². The molecule has 178 valence electrons. The minimum absolute atomic E-state index is 0.287. The predicted molar refractivity (Wildman–Crippen MR) is 139 cm³/mol. The van der Waals surface area contributed by atoms with E-state index in [1.807, 2.05) is 12.1 Å². The topological polar surface area (TPSA) is 21.7 Å². The Kier molecular flexibility index (Phi) is 5.91. The normalized spacial score (nSPS) is 17.5. The van der Waals surface area contributed by atoms with E-state index in [0.717, 1.165) is 51.7 Å². The molecular weight excluding hydrogens is 437 g/mol. The number of methoxy groups -OCH3 is 1. The summed E-state index contributed by atoms with van der Waals surface area (Å²) in [5.74, 6) is 1.13. The fourth-order valence-corrected chi connectivity index (χ4v) is 5.54. The number of rotatable bonds is 5. The van der Waals surface area contributed by atoms with Gasteiger partial charge in [-0.1, -0.05) is 48.9 Å². The molecule has 1 atom stereocenters. The van der Waals surface area contributed by atoms with Crippen molar-refractivity contribution in [1.82, 2.24) is 4.90 Å². The zero-order valence-electron chi connectivity index (χ0n) is 20.1. The molecule has 35 heavy (non-hydrogen) atoms. The number of likely N-dealkylation sites (tertiary alicyclic amines) is 1. The lowest BCUT2D eigenvalue weighted by atomic mass is 9.85. The highest BCUT2D eigenvalue weighted by atomic mass is 19.1. The summed E-state index contributed by atoms with van der Waals surface area (Å²) in [6.07, 6.45) is 4.74. The Bertz CT molecular complexity index is 1360. The van der Waals surface area contributed by atoms with Gasteiger partial charge >= 0.3 is 0 Å². The van der Waals surface area contributed by atoms with Crippen LogP contribution in [0.1, 0.15) is 42.1 Å². The molecule has 4 aromatic carbocycles. The van der Waals surface area contributed by atoms with Crippen LogP contribution in [0.15, 0.2) is 72.8 Å². The van der Waals surface area contributed by atoms with E-state index in [1.54, 1.807) is 7.11 Å². The minimum Gasteiger partial charge on any atom is -0.497 e. The van der Waals surface area contributed by atoms with E-state index >= 15 is 0 Å². The second kappa shape index (κ2) is 9.35. The van der Waals surface area contributed by atoms with Gasteiger partial charge in [0.05, 0.1) is 7.11 Å². The standard InChI is InChI=1S/C31H30FNO2/c1-34-25-11-14-26-23(19-25)9-12-28-27-13-10-24(32)20-29(27)35-31(30(26)28)22-7-5-21(6-8-22)15-18-33-16-3-2-4-17-33/h5-14,19-20,31H,2-4,15-18H2,1H3. The van der Waals surface area contributed by atoms with Crippen molar-refractivity contribution in [3.8, 4) is 22.6 Å². The van der Waals surface area contributed by atoms with Crippen molar-refractivity contribution < 1.29 is 13.9 Å². The molecule has 2 aliphatic heterocycles. The molecule has 0 bridgehead atoms. The SMILES string of the molecule is COc1ccc2c3c(ccc2c1)-c1ccc(F)cc1OC3c1ccc(CCN2CCCCC2)cc1. The lowest BCUT2D eigenvalue weighted by molar-refractivity contribution is 0.231. The fourth-order valence-electron chi connectivity index (χ4n) is 5.54. The molecule has 0 N–H and O–H groups in total. The first-order valence-corrected chi connectivity index (χ1v) is 12.6. The lowest BCUT2D eigenvalue weighted by Crippen LogP contribution is -2.31. The summed E-state index contributed by atoms with van der Waals surface area (Å²) >= 11 is 0. The summed E-state index contributed by atoms with van der Waals surface area (Å²) in [6, 6.07) is 24.0. The maximum atomic E-state index is 14.1. The van der Waals surface area contributed by atoms with Crippen LogP contribution in [-0.4, -0.2) is 31.6 Å². The highest BCUT2D eigenvalue weighted by molar-refractivity contribution is 5.95. The summed E-state index contributed by atoms with van der Waals surface area (Å²) in [6.45, 7) is 3.55.